The molecule has 0 saturated heterocycles. The smallest absolute Gasteiger partial charge is 0.411 e. The summed E-state index contributed by atoms with van der Waals surface area (Å²) in [6.07, 6.45) is -4.09. The van der Waals surface area contributed by atoms with E-state index in [9.17, 15) is 18.0 Å². The summed E-state index contributed by atoms with van der Waals surface area (Å²) in [5, 5.41) is 6.04. The molecule has 1 aromatic carbocycles. The fourth-order valence-electron chi connectivity index (χ4n) is 1.83. The topological polar surface area (TPSA) is 72.0 Å². The number of carbonyl (C=O) groups excluding carboxylic acids is 1. The monoisotopic (exact) mass is 489 g/mol. The maximum Gasteiger partial charge on any atom is 0.411 e. The third-order valence-corrected chi connectivity index (χ3v) is 3.09. The highest BCUT2D eigenvalue weighted by atomic mass is 127. The van der Waals surface area contributed by atoms with Crippen molar-refractivity contribution in [2.45, 2.75) is 25.7 Å². The van der Waals surface area contributed by atoms with E-state index in [0.717, 1.165) is 5.56 Å². The molecule has 2 N–H and O–H groups in total. The van der Waals surface area contributed by atoms with Gasteiger partial charge >= 0.3 is 12.1 Å². The number of nitrogens with one attached hydrogen (secondary N) is 2. The number of carbonyl (C=O) groups is 1. The van der Waals surface area contributed by atoms with Crippen molar-refractivity contribution in [3.8, 4) is 0 Å². The second kappa shape index (κ2) is 12.7. The maximum absolute atomic E-state index is 12.0. The van der Waals surface area contributed by atoms with Crippen molar-refractivity contribution in [2.24, 2.45) is 4.99 Å². The van der Waals surface area contributed by atoms with Crippen LogP contribution >= 0.6 is 24.0 Å². The second-order valence-corrected chi connectivity index (χ2v) is 5.10. The molecule has 0 aliphatic rings. The summed E-state index contributed by atoms with van der Waals surface area (Å²) in [4.78, 5) is 15.1. The molecule has 0 unspecified atom stereocenters. The Morgan fingerprint density at radius 3 is 2.31 bits per heavy atom. The third kappa shape index (κ3) is 11.1. The first-order valence-electron chi connectivity index (χ1n) is 7.57. The predicted molar refractivity (Wildman–Crippen MR) is 102 cm³/mol. The van der Waals surface area contributed by atoms with E-state index in [4.69, 9.17) is 0 Å². The number of nitrogens with zero attached hydrogens (tertiary/aromatic N) is 1. The molecule has 0 aliphatic heterocycles. The Kier molecular flexibility index (Phi) is 12.0. The fourth-order valence-corrected chi connectivity index (χ4v) is 1.83. The van der Waals surface area contributed by atoms with E-state index in [2.05, 4.69) is 25.1 Å². The van der Waals surface area contributed by atoms with Crippen molar-refractivity contribution >= 4 is 35.9 Å². The zero-order valence-corrected chi connectivity index (χ0v) is 16.9. The van der Waals surface area contributed by atoms with Gasteiger partial charge in [-0.3, -0.25) is 9.79 Å². The second-order valence-electron chi connectivity index (χ2n) is 5.10. The lowest BCUT2D eigenvalue weighted by molar-refractivity contribution is -0.176. The zero-order chi connectivity index (χ0) is 18.7. The van der Waals surface area contributed by atoms with Gasteiger partial charge in [0.2, 0.25) is 0 Å². The van der Waals surface area contributed by atoms with E-state index in [1.165, 1.54) is 7.11 Å². The molecule has 0 radical (unpaired) electrons. The number of aliphatic imine (C=N–C) groups is 1. The van der Waals surface area contributed by atoms with Gasteiger partial charge in [0, 0.05) is 20.1 Å². The molecule has 0 bridgehead atoms. The highest BCUT2D eigenvalue weighted by Crippen LogP contribution is 2.15. The van der Waals surface area contributed by atoms with Crippen molar-refractivity contribution in [3.63, 3.8) is 0 Å². The molecule has 0 fully saturated rings. The summed E-state index contributed by atoms with van der Waals surface area (Å²) in [5.41, 5.74) is 1.59. The van der Waals surface area contributed by atoms with E-state index in [1.54, 1.807) is 31.3 Å². The summed E-state index contributed by atoms with van der Waals surface area (Å²) in [6.45, 7) is -0.489. The number of alkyl halides is 3. The lowest BCUT2D eigenvalue weighted by Crippen LogP contribution is -2.37. The molecule has 0 spiro atoms. The van der Waals surface area contributed by atoms with E-state index < -0.39 is 12.8 Å². The van der Waals surface area contributed by atoms with Crippen LogP contribution in [0.1, 0.15) is 17.5 Å². The van der Waals surface area contributed by atoms with Crippen molar-refractivity contribution in [1.29, 1.82) is 0 Å². The van der Waals surface area contributed by atoms with Crippen molar-refractivity contribution < 1.29 is 27.4 Å². The Labute approximate surface area is 167 Å². The number of rotatable bonds is 8. The first-order valence-corrected chi connectivity index (χ1v) is 7.57. The highest BCUT2D eigenvalue weighted by molar-refractivity contribution is 14.0. The van der Waals surface area contributed by atoms with Crippen molar-refractivity contribution in [1.82, 2.24) is 10.6 Å². The molecule has 1 rings (SSSR count). The van der Waals surface area contributed by atoms with Gasteiger partial charge in [0.25, 0.3) is 0 Å². The molecule has 1 aromatic rings. The first-order chi connectivity index (χ1) is 11.8. The van der Waals surface area contributed by atoms with Gasteiger partial charge in [-0.15, -0.1) is 24.0 Å². The van der Waals surface area contributed by atoms with E-state index in [0.29, 0.717) is 24.6 Å². The number of ether oxygens (including phenoxy) is 2. The van der Waals surface area contributed by atoms with Crippen LogP contribution in [0.4, 0.5) is 13.2 Å². The van der Waals surface area contributed by atoms with Gasteiger partial charge in [-0.2, -0.15) is 13.2 Å². The van der Waals surface area contributed by atoms with Crippen LogP contribution in [-0.4, -0.2) is 45.4 Å². The van der Waals surface area contributed by atoms with E-state index in [1.807, 2.05) is 0 Å². The fraction of sp³-hybridized carbons (Fsp3) is 0.500. The van der Waals surface area contributed by atoms with Crippen molar-refractivity contribution in [3.05, 3.63) is 35.4 Å². The Morgan fingerprint density at radius 1 is 1.15 bits per heavy atom. The Balaban J connectivity index is 0.00000625. The normalized spacial score (nSPS) is 11.5. The minimum Gasteiger partial charge on any atom is -0.469 e. The van der Waals surface area contributed by atoms with Crippen LogP contribution in [0.2, 0.25) is 0 Å². The number of methoxy groups -OCH3 is 1. The van der Waals surface area contributed by atoms with Crippen molar-refractivity contribution in [2.75, 3.05) is 27.3 Å². The average molecular weight is 489 g/mol. The molecule has 6 nitrogen and oxygen atoms in total. The van der Waals surface area contributed by atoms with Crippen LogP contribution in [0, 0.1) is 0 Å². The molecule has 0 heterocycles. The van der Waals surface area contributed by atoms with E-state index in [-0.39, 0.29) is 43.0 Å². The Morgan fingerprint density at radius 2 is 1.77 bits per heavy atom. The van der Waals surface area contributed by atoms with Crippen LogP contribution < -0.4 is 10.6 Å². The summed E-state index contributed by atoms with van der Waals surface area (Å²) >= 11 is 0. The third-order valence-electron chi connectivity index (χ3n) is 3.09. The van der Waals surface area contributed by atoms with Gasteiger partial charge in [-0.1, -0.05) is 24.3 Å². The molecule has 26 heavy (non-hydrogen) atoms. The Hall–Kier alpha value is -1.56. The number of hydrogen-bond acceptors (Lipinski definition) is 4. The van der Waals surface area contributed by atoms with Gasteiger partial charge in [0.15, 0.2) is 5.96 Å². The molecular weight excluding hydrogens is 466 g/mol. The van der Waals surface area contributed by atoms with Gasteiger partial charge in [-0.25, -0.2) is 0 Å². The average Bonchev–Trinajstić information content (AvgIpc) is 2.57. The quantitative estimate of drug-likeness (QED) is 0.254. The summed E-state index contributed by atoms with van der Waals surface area (Å²) in [6, 6.07) is 7.00. The molecule has 10 heteroatoms. The molecule has 0 aromatic heterocycles. The van der Waals surface area contributed by atoms with Crippen LogP contribution in [0.3, 0.4) is 0 Å². The number of guanidine groups is 1. The molecule has 0 saturated carbocycles. The lowest BCUT2D eigenvalue weighted by Gasteiger charge is -2.12. The Bertz CT molecular complexity index is 566. The van der Waals surface area contributed by atoms with Gasteiger partial charge in [0.1, 0.15) is 6.61 Å². The standard InChI is InChI=1S/C16H22F3N3O3.HI/c1-20-15(21-8-7-14(23)24-2)22-9-12-3-5-13(6-4-12)10-25-11-16(17,18)19;/h3-6H,7-11H2,1-2H3,(H2,20,21,22);1H. The summed E-state index contributed by atoms with van der Waals surface area (Å²) < 4.78 is 45.2. The van der Waals surface area contributed by atoms with Crippen LogP contribution in [0.5, 0.6) is 0 Å². The largest absolute Gasteiger partial charge is 0.469 e. The van der Waals surface area contributed by atoms with Gasteiger partial charge < -0.3 is 20.1 Å². The number of halogens is 4. The zero-order valence-electron chi connectivity index (χ0n) is 14.6. The van der Waals surface area contributed by atoms with Crippen LogP contribution in [-0.2, 0) is 27.4 Å². The van der Waals surface area contributed by atoms with Crippen LogP contribution in [0.15, 0.2) is 29.3 Å². The molecule has 0 aliphatic carbocycles. The van der Waals surface area contributed by atoms with Crippen LogP contribution in [0.25, 0.3) is 0 Å². The maximum atomic E-state index is 12.0. The minimum absolute atomic E-state index is 0. The highest BCUT2D eigenvalue weighted by Gasteiger charge is 2.27. The lowest BCUT2D eigenvalue weighted by atomic mass is 10.1. The molecular formula is C16H23F3IN3O3. The summed E-state index contributed by atoms with van der Waals surface area (Å²) in [5.74, 6) is 0.216. The molecule has 148 valence electrons. The van der Waals surface area contributed by atoms with Gasteiger partial charge in [-0.05, 0) is 11.1 Å². The van der Waals surface area contributed by atoms with E-state index >= 15 is 0 Å². The van der Waals surface area contributed by atoms with Gasteiger partial charge in [0.05, 0.1) is 20.1 Å². The first kappa shape index (κ1) is 24.4. The summed E-state index contributed by atoms with van der Waals surface area (Å²) in [7, 11) is 2.93. The molecule has 0 atom stereocenters. The molecule has 0 amide bonds. The minimum atomic E-state index is -4.32. The number of esters is 1. The number of hydrogen-bond donors (Lipinski definition) is 2. The predicted octanol–water partition coefficient (Wildman–Crippen LogP) is 2.61. The SMILES string of the molecule is CN=C(NCCC(=O)OC)NCc1ccc(COCC(F)(F)F)cc1.I. The number of benzene rings is 1.